The van der Waals surface area contributed by atoms with Crippen molar-refractivity contribution in [3.8, 4) is 0 Å². The van der Waals surface area contributed by atoms with Crippen LogP contribution in [0.1, 0.15) is 10.4 Å². The van der Waals surface area contributed by atoms with Gasteiger partial charge in [-0.2, -0.15) is 0 Å². The van der Waals surface area contributed by atoms with Gasteiger partial charge in [0.15, 0.2) is 0 Å². The molecule has 0 bridgehead atoms. The van der Waals surface area contributed by atoms with Crippen molar-refractivity contribution in [3.63, 3.8) is 0 Å². The molecule has 0 atom stereocenters. The second-order valence-electron chi connectivity index (χ2n) is 3.54. The van der Waals surface area contributed by atoms with Crippen LogP contribution in [0.3, 0.4) is 0 Å². The van der Waals surface area contributed by atoms with Crippen LogP contribution in [0.5, 0.6) is 0 Å². The molecule has 1 N–H and O–H groups in total. The molecule has 0 unspecified atom stereocenters. The molecule has 0 saturated heterocycles. The molecule has 1 aromatic carbocycles. The maximum absolute atomic E-state index is 13.3. The molecule has 0 aliphatic rings. The molecule has 17 heavy (non-hydrogen) atoms. The van der Waals surface area contributed by atoms with E-state index in [1.165, 1.54) is 4.88 Å². The van der Waals surface area contributed by atoms with Gasteiger partial charge in [0.25, 0.3) is 0 Å². The average Bonchev–Trinajstić information content (AvgIpc) is 2.70. The summed E-state index contributed by atoms with van der Waals surface area (Å²) in [5, 5.41) is 5.33. The first-order chi connectivity index (χ1) is 8.16. The van der Waals surface area contributed by atoms with Crippen LogP contribution in [0.15, 0.2) is 38.6 Å². The number of halogens is 3. The third-order valence-corrected chi connectivity index (χ3v) is 4.86. The average molecular weight is 379 g/mol. The maximum Gasteiger partial charge on any atom is 0.137 e. The lowest BCUT2D eigenvalue weighted by atomic mass is 10.2. The number of hydrogen-bond donors (Lipinski definition) is 1. The van der Waals surface area contributed by atoms with Crippen molar-refractivity contribution < 1.29 is 4.39 Å². The Morgan fingerprint density at radius 3 is 2.59 bits per heavy atom. The van der Waals surface area contributed by atoms with E-state index in [1.54, 1.807) is 23.5 Å². The van der Waals surface area contributed by atoms with E-state index in [9.17, 15) is 4.39 Å². The fourth-order valence-electron chi connectivity index (χ4n) is 1.42. The standard InChI is InChI=1S/C12H10Br2FNS/c13-9-2-1-8(5-11(9)15)6-16-7-12-10(14)3-4-17-12/h1-5,16H,6-7H2. The van der Waals surface area contributed by atoms with Gasteiger partial charge in [-0.05, 0) is 61.0 Å². The fourth-order valence-corrected chi connectivity index (χ4v) is 3.13. The van der Waals surface area contributed by atoms with Crippen LogP contribution in [-0.2, 0) is 13.1 Å². The molecular formula is C12H10Br2FNS. The first-order valence-corrected chi connectivity index (χ1v) is 7.50. The van der Waals surface area contributed by atoms with Crippen LogP contribution >= 0.6 is 43.2 Å². The van der Waals surface area contributed by atoms with Crippen molar-refractivity contribution >= 4 is 43.2 Å². The van der Waals surface area contributed by atoms with Gasteiger partial charge in [0.1, 0.15) is 5.82 Å². The Balaban J connectivity index is 1.90. The third-order valence-electron chi connectivity index (χ3n) is 2.29. The predicted molar refractivity (Wildman–Crippen MR) is 76.7 cm³/mol. The summed E-state index contributed by atoms with van der Waals surface area (Å²) in [7, 11) is 0. The maximum atomic E-state index is 13.3. The highest BCUT2D eigenvalue weighted by molar-refractivity contribution is 9.10. The van der Waals surface area contributed by atoms with E-state index >= 15 is 0 Å². The van der Waals surface area contributed by atoms with Gasteiger partial charge in [-0.3, -0.25) is 0 Å². The zero-order chi connectivity index (χ0) is 12.3. The van der Waals surface area contributed by atoms with Crippen LogP contribution in [0, 0.1) is 5.82 Å². The molecule has 0 radical (unpaired) electrons. The number of thiophene rings is 1. The number of benzene rings is 1. The van der Waals surface area contributed by atoms with Crippen molar-refractivity contribution in [2.75, 3.05) is 0 Å². The normalized spacial score (nSPS) is 10.8. The quantitative estimate of drug-likeness (QED) is 0.812. The Bertz CT molecular complexity index is 513. The van der Waals surface area contributed by atoms with Gasteiger partial charge in [0.05, 0.1) is 4.47 Å². The summed E-state index contributed by atoms with van der Waals surface area (Å²) in [5.74, 6) is -0.221. The van der Waals surface area contributed by atoms with E-state index in [4.69, 9.17) is 0 Å². The Morgan fingerprint density at radius 2 is 1.94 bits per heavy atom. The molecule has 90 valence electrons. The molecule has 1 heterocycles. The summed E-state index contributed by atoms with van der Waals surface area (Å²) in [6.07, 6.45) is 0. The zero-order valence-corrected chi connectivity index (χ0v) is 12.8. The topological polar surface area (TPSA) is 12.0 Å². The number of rotatable bonds is 4. The Kier molecular flexibility index (Phi) is 4.73. The Hall–Kier alpha value is -0.230. The third kappa shape index (κ3) is 3.61. The monoisotopic (exact) mass is 377 g/mol. The summed E-state index contributed by atoms with van der Waals surface area (Å²) >= 11 is 8.32. The summed E-state index contributed by atoms with van der Waals surface area (Å²) in [6.45, 7) is 1.45. The molecule has 2 rings (SSSR count). The first-order valence-electron chi connectivity index (χ1n) is 5.03. The van der Waals surface area contributed by atoms with Crippen molar-refractivity contribution in [2.24, 2.45) is 0 Å². The predicted octanol–water partition coefficient (Wildman–Crippen LogP) is 4.70. The zero-order valence-electron chi connectivity index (χ0n) is 8.84. The Labute approximate surface area is 120 Å². The minimum atomic E-state index is -0.221. The highest BCUT2D eigenvalue weighted by atomic mass is 79.9. The molecule has 0 spiro atoms. The second-order valence-corrected chi connectivity index (χ2v) is 6.25. The van der Waals surface area contributed by atoms with Gasteiger partial charge < -0.3 is 5.32 Å². The van der Waals surface area contributed by atoms with Crippen LogP contribution in [0.2, 0.25) is 0 Å². The van der Waals surface area contributed by atoms with Crippen LogP contribution in [0.25, 0.3) is 0 Å². The molecular weight excluding hydrogens is 369 g/mol. The molecule has 0 aliphatic heterocycles. The fraction of sp³-hybridized carbons (Fsp3) is 0.167. The molecule has 1 aromatic heterocycles. The van der Waals surface area contributed by atoms with Crippen molar-refractivity contribution in [1.29, 1.82) is 0 Å². The molecule has 0 fully saturated rings. The van der Waals surface area contributed by atoms with Gasteiger partial charge in [0, 0.05) is 22.4 Å². The van der Waals surface area contributed by atoms with Crippen LogP contribution < -0.4 is 5.32 Å². The molecule has 0 saturated carbocycles. The van der Waals surface area contributed by atoms with E-state index < -0.39 is 0 Å². The lowest BCUT2D eigenvalue weighted by Gasteiger charge is -2.05. The van der Waals surface area contributed by atoms with Gasteiger partial charge in [0.2, 0.25) is 0 Å². The summed E-state index contributed by atoms with van der Waals surface area (Å²) in [4.78, 5) is 1.25. The summed E-state index contributed by atoms with van der Waals surface area (Å²) in [6, 6.07) is 7.21. The van der Waals surface area contributed by atoms with Gasteiger partial charge in [-0.15, -0.1) is 11.3 Å². The van der Waals surface area contributed by atoms with Gasteiger partial charge in [-0.25, -0.2) is 4.39 Å². The SMILES string of the molecule is Fc1cc(CNCc2sccc2Br)ccc1Br. The Morgan fingerprint density at radius 1 is 1.12 bits per heavy atom. The van der Waals surface area contributed by atoms with Crippen LogP contribution in [0.4, 0.5) is 4.39 Å². The van der Waals surface area contributed by atoms with Crippen molar-refractivity contribution in [1.82, 2.24) is 5.32 Å². The molecule has 1 nitrogen and oxygen atoms in total. The number of nitrogens with one attached hydrogen (secondary N) is 1. The van der Waals surface area contributed by atoms with E-state index in [1.807, 2.05) is 17.5 Å². The molecule has 0 amide bonds. The highest BCUT2D eigenvalue weighted by Crippen LogP contribution is 2.22. The molecule has 5 heteroatoms. The lowest BCUT2D eigenvalue weighted by Crippen LogP contribution is -2.12. The largest absolute Gasteiger partial charge is 0.308 e. The van der Waals surface area contributed by atoms with Crippen molar-refractivity contribution in [3.05, 3.63) is 54.8 Å². The first kappa shape index (κ1) is 13.2. The molecule has 2 aromatic rings. The minimum Gasteiger partial charge on any atom is -0.308 e. The number of hydrogen-bond acceptors (Lipinski definition) is 2. The van der Waals surface area contributed by atoms with E-state index in [2.05, 4.69) is 37.2 Å². The van der Waals surface area contributed by atoms with E-state index in [0.717, 1.165) is 16.6 Å². The smallest absolute Gasteiger partial charge is 0.137 e. The highest BCUT2D eigenvalue weighted by Gasteiger charge is 2.02. The van der Waals surface area contributed by atoms with Gasteiger partial charge in [-0.1, -0.05) is 6.07 Å². The van der Waals surface area contributed by atoms with Crippen molar-refractivity contribution in [2.45, 2.75) is 13.1 Å². The van der Waals surface area contributed by atoms with E-state index in [0.29, 0.717) is 11.0 Å². The van der Waals surface area contributed by atoms with E-state index in [-0.39, 0.29) is 5.82 Å². The summed E-state index contributed by atoms with van der Waals surface area (Å²) < 4.78 is 14.9. The van der Waals surface area contributed by atoms with Gasteiger partial charge >= 0.3 is 0 Å². The lowest BCUT2D eigenvalue weighted by molar-refractivity contribution is 0.614. The molecule has 0 aliphatic carbocycles. The summed E-state index contributed by atoms with van der Waals surface area (Å²) in [5.41, 5.74) is 0.943. The minimum absolute atomic E-state index is 0.221. The second kappa shape index (κ2) is 6.09. The van der Waals surface area contributed by atoms with Crippen LogP contribution in [-0.4, -0.2) is 0 Å².